The van der Waals surface area contributed by atoms with E-state index in [4.69, 9.17) is 0 Å². The lowest BCUT2D eigenvalue weighted by atomic mass is 9.99. The Hall–Kier alpha value is -1.81. The number of rotatable bonds is 8. The third kappa shape index (κ3) is 6.69. The number of carbonyl (C=O) groups is 1. The van der Waals surface area contributed by atoms with Gasteiger partial charge in [-0.3, -0.25) is 9.69 Å². The van der Waals surface area contributed by atoms with Gasteiger partial charge in [0.25, 0.3) is 0 Å². The van der Waals surface area contributed by atoms with E-state index in [1.54, 1.807) is 11.9 Å². The number of amides is 1. The molecule has 27 heavy (non-hydrogen) atoms. The summed E-state index contributed by atoms with van der Waals surface area (Å²) < 4.78 is 24.5. The fraction of sp³-hybridized carbons (Fsp3) is 0.444. The molecule has 1 aromatic carbocycles. The molecule has 0 saturated heterocycles. The van der Waals surface area contributed by atoms with Gasteiger partial charge < -0.3 is 5.32 Å². The van der Waals surface area contributed by atoms with E-state index in [9.17, 15) is 13.2 Å². The SMILES string of the molecule is Cc1cc(C)c(-c2csc(NC(=O)CN(C)CCNS(C)(=O)=O)n2)cc1C. The van der Waals surface area contributed by atoms with Crippen molar-refractivity contribution in [1.82, 2.24) is 14.6 Å². The van der Waals surface area contributed by atoms with Gasteiger partial charge >= 0.3 is 0 Å². The number of benzene rings is 1. The predicted molar refractivity (Wildman–Crippen MR) is 111 cm³/mol. The van der Waals surface area contributed by atoms with Crippen molar-refractivity contribution in [3.05, 3.63) is 34.2 Å². The molecule has 0 aliphatic rings. The average Bonchev–Trinajstić information content (AvgIpc) is 2.97. The number of carbonyl (C=O) groups excluding carboxylic acids is 1. The fourth-order valence-corrected chi connectivity index (χ4v) is 3.79. The van der Waals surface area contributed by atoms with Crippen LogP contribution in [-0.2, 0) is 14.8 Å². The first-order valence-electron chi connectivity index (χ1n) is 8.52. The number of thiazole rings is 1. The average molecular weight is 411 g/mol. The largest absolute Gasteiger partial charge is 0.301 e. The van der Waals surface area contributed by atoms with E-state index in [1.165, 1.54) is 22.5 Å². The molecule has 2 rings (SSSR count). The van der Waals surface area contributed by atoms with Crippen molar-refractivity contribution < 1.29 is 13.2 Å². The maximum Gasteiger partial charge on any atom is 0.240 e. The lowest BCUT2D eigenvalue weighted by Gasteiger charge is -2.15. The number of hydrogen-bond donors (Lipinski definition) is 2. The van der Waals surface area contributed by atoms with Gasteiger partial charge in [-0.1, -0.05) is 6.07 Å². The first-order chi connectivity index (χ1) is 12.5. The molecule has 0 atom stereocenters. The van der Waals surface area contributed by atoms with Gasteiger partial charge in [0.1, 0.15) is 0 Å². The smallest absolute Gasteiger partial charge is 0.240 e. The molecule has 1 aromatic heterocycles. The zero-order chi connectivity index (χ0) is 20.2. The van der Waals surface area contributed by atoms with Gasteiger partial charge in [0, 0.05) is 24.0 Å². The summed E-state index contributed by atoms with van der Waals surface area (Å²) in [7, 11) is -1.46. The zero-order valence-electron chi connectivity index (χ0n) is 16.3. The fourth-order valence-electron chi connectivity index (χ4n) is 2.60. The Bertz CT molecular complexity index is 923. The Kier molecular flexibility index (Phi) is 7.10. The Balaban J connectivity index is 1.93. The second-order valence-corrected chi connectivity index (χ2v) is 9.43. The molecule has 0 fully saturated rings. The number of aromatic nitrogens is 1. The van der Waals surface area contributed by atoms with Crippen LogP contribution in [0.3, 0.4) is 0 Å². The van der Waals surface area contributed by atoms with Gasteiger partial charge in [-0.05, 0) is 50.6 Å². The van der Waals surface area contributed by atoms with Gasteiger partial charge in [-0.25, -0.2) is 18.1 Å². The van der Waals surface area contributed by atoms with Crippen LogP contribution in [0.1, 0.15) is 16.7 Å². The number of likely N-dealkylation sites (N-methyl/N-ethyl adjacent to an activating group) is 1. The van der Waals surface area contributed by atoms with Crippen molar-refractivity contribution in [3.63, 3.8) is 0 Å². The number of anilines is 1. The second kappa shape index (κ2) is 8.92. The minimum atomic E-state index is -3.22. The number of hydrogen-bond acceptors (Lipinski definition) is 6. The molecule has 148 valence electrons. The van der Waals surface area contributed by atoms with Crippen LogP contribution in [-0.4, -0.2) is 57.1 Å². The minimum Gasteiger partial charge on any atom is -0.301 e. The van der Waals surface area contributed by atoms with Crippen molar-refractivity contribution >= 4 is 32.4 Å². The molecule has 0 saturated carbocycles. The Morgan fingerprint density at radius 2 is 1.85 bits per heavy atom. The molecular weight excluding hydrogens is 384 g/mol. The van der Waals surface area contributed by atoms with E-state index >= 15 is 0 Å². The molecule has 1 heterocycles. The van der Waals surface area contributed by atoms with Crippen molar-refractivity contribution in [2.24, 2.45) is 0 Å². The molecule has 1 amide bonds. The van der Waals surface area contributed by atoms with Crippen LogP contribution in [0, 0.1) is 20.8 Å². The van der Waals surface area contributed by atoms with Crippen LogP contribution in [0.4, 0.5) is 5.13 Å². The second-order valence-electron chi connectivity index (χ2n) is 6.74. The maximum atomic E-state index is 12.2. The molecule has 2 N–H and O–H groups in total. The Labute approximate surface area is 164 Å². The highest BCUT2D eigenvalue weighted by Gasteiger charge is 2.12. The molecular formula is C18H26N4O3S2. The number of sulfonamides is 1. The van der Waals surface area contributed by atoms with E-state index < -0.39 is 10.0 Å². The molecule has 0 unspecified atom stereocenters. The highest BCUT2D eigenvalue weighted by molar-refractivity contribution is 7.88. The molecule has 0 bridgehead atoms. The summed E-state index contributed by atoms with van der Waals surface area (Å²) >= 11 is 1.39. The summed E-state index contributed by atoms with van der Waals surface area (Å²) in [6, 6.07) is 4.26. The van der Waals surface area contributed by atoms with Gasteiger partial charge in [0.15, 0.2) is 5.13 Å². The molecule has 7 nitrogen and oxygen atoms in total. The van der Waals surface area contributed by atoms with Gasteiger partial charge in [-0.15, -0.1) is 11.3 Å². The Morgan fingerprint density at radius 3 is 2.52 bits per heavy atom. The molecule has 0 radical (unpaired) electrons. The van der Waals surface area contributed by atoms with E-state index in [0.717, 1.165) is 23.1 Å². The highest BCUT2D eigenvalue weighted by Crippen LogP contribution is 2.29. The molecule has 0 spiro atoms. The summed E-state index contributed by atoms with van der Waals surface area (Å²) in [5.74, 6) is -0.186. The first kappa shape index (κ1) is 21.5. The number of nitrogens with zero attached hydrogens (tertiary/aromatic N) is 2. The minimum absolute atomic E-state index is 0.156. The van der Waals surface area contributed by atoms with Crippen molar-refractivity contribution in [2.75, 3.05) is 38.3 Å². The van der Waals surface area contributed by atoms with Gasteiger partial charge in [0.05, 0.1) is 18.5 Å². The Morgan fingerprint density at radius 1 is 1.19 bits per heavy atom. The topological polar surface area (TPSA) is 91.4 Å². The van der Waals surface area contributed by atoms with E-state index in [1.807, 2.05) is 5.38 Å². The van der Waals surface area contributed by atoms with E-state index in [-0.39, 0.29) is 19.0 Å². The van der Waals surface area contributed by atoms with Gasteiger partial charge in [0.2, 0.25) is 15.9 Å². The standard InChI is InChI=1S/C18H26N4O3S2/c1-12-8-14(3)15(9-13(12)2)16-11-26-18(20-16)21-17(23)10-22(4)7-6-19-27(5,24)25/h8-9,11,19H,6-7,10H2,1-5H3,(H,20,21,23). The van der Waals surface area contributed by atoms with Crippen LogP contribution in [0.5, 0.6) is 0 Å². The lowest BCUT2D eigenvalue weighted by molar-refractivity contribution is -0.117. The molecule has 2 aromatic rings. The lowest BCUT2D eigenvalue weighted by Crippen LogP contribution is -2.36. The third-order valence-electron chi connectivity index (χ3n) is 4.14. The van der Waals surface area contributed by atoms with Crippen LogP contribution < -0.4 is 10.0 Å². The number of aryl methyl sites for hydroxylation is 3. The zero-order valence-corrected chi connectivity index (χ0v) is 17.9. The summed E-state index contributed by atoms with van der Waals surface area (Å²) in [6.45, 7) is 7.06. The predicted octanol–water partition coefficient (Wildman–Crippen LogP) is 2.15. The molecule has 9 heteroatoms. The monoisotopic (exact) mass is 410 g/mol. The van der Waals surface area contributed by atoms with Crippen LogP contribution >= 0.6 is 11.3 Å². The third-order valence-corrected chi connectivity index (χ3v) is 5.62. The number of nitrogens with one attached hydrogen (secondary N) is 2. The van der Waals surface area contributed by atoms with Crippen molar-refractivity contribution in [2.45, 2.75) is 20.8 Å². The quantitative estimate of drug-likeness (QED) is 0.696. The summed E-state index contributed by atoms with van der Waals surface area (Å²) in [6.07, 6.45) is 1.11. The van der Waals surface area contributed by atoms with Gasteiger partial charge in [-0.2, -0.15) is 0 Å². The van der Waals surface area contributed by atoms with Crippen molar-refractivity contribution in [1.29, 1.82) is 0 Å². The normalized spacial score (nSPS) is 11.8. The molecule has 0 aliphatic heterocycles. The van der Waals surface area contributed by atoms with Crippen LogP contribution in [0.25, 0.3) is 11.3 Å². The highest BCUT2D eigenvalue weighted by atomic mass is 32.2. The van der Waals surface area contributed by atoms with Crippen LogP contribution in [0.15, 0.2) is 17.5 Å². The summed E-state index contributed by atoms with van der Waals surface area (Å²) in [5, 5.41) is 5.29. The maximum absolute atomic E-state index is 12.2. The molecule has 0 aliphatic carbocycles. The van der Waals surface area contributed by atoms with E-state index in [2.05, 4.69) is 47.9 Å². The van der Waals surface area contributed by atoms with Crippen LogP contribution in [0.2, 0.25) is 0 Å². The summed E-state index contributed by atoms with van der Waals surface area (Å²) in [4.78, 5) is 18.4. The van der Waals surface area contributed by atoms with E-state index in [0.29, 0.717) is 11.7 Å². The van der Waals surface area contributed by atoms with Crippen molar-refractivity contribution in [3.8, 4) is 11.3 Å². The first-order valence-corrected chi connectivity index (χ1v) is 11.3. The summed E-state index contributed by atoms with van der Waals surface area (Å²) in [5.41, 5.74) is 5.52.